The van der Waals surface area contributed by atoms with Crippen LogP contribution in [-0.2, 0) is 0 Å². The predicted octanol–water partition coefficient (Wildman–Crippen LogP) is 2.33. The molecule has 0 aromatic heterocycles. The van der Waals surface area contributed by atoms with Gasteiger partial charge in [-0.1, -0.05) is 26.0 Å². The minimum absolute atomic E-state index is 0.0851. The van der Waals surface area contributed by atoms with Gasteiger partial charge in [-0.3, -0.25) is 15.0 Å². The van der Waals surface area contributed by atoms with Crippen LogP contribution in [0.3, 0.4) is 0 Å². The van der Waals surface area contributed by atoms with Crippen LogP contribution in [0.15, 0.2) is 24.3 Å². The first-order chi connectivity index (χ1) is 10.2. The molecule has 3 N–H and O–H groups in total. The van der Waals surface area contributed by atoms with E-state index in [4.69, 9.17) is 5.73 Å². The first kappa shape index (κ1) is 16.5. The van der Waals surface area contributed by atoms with Gasteiger partial charge in [0.2, 0.25) is 5.91 Å². The van der Waals surface area contributed by atoms with Crippen LogP contribution >= 0.6 is 0 Å². The molecule has 1 aliphatic heterocycles. The van der Waals surface area contributed by atoms with Gasteiger partial charge in [0.1, 0.15) is 0 Å². The summed E-state index contributed by atoms with van der Waals surface area (Å²) in [6, 6.07) is 6.62. The van der Waals surface area contributed by atoms with Crippen molar-refractivity contribution < 1.29 is 9.59 Å². The molecule has 2 rings (SSSR count). The summed E-state index contributed by atoms with van der Waals surface area (Å²) in [6.07, 6.45) is 2.14. The summed E-state index contributed by atoms with van der Waals surface area (Å²) in [5, 5.41) is 1.98. The zero-order valence-corrected chi connectivity index (χ0v) is 13.8. The fraction of sp³-hybridized carbons (Fsp3) is 0.529. The highest BCUT2D eigenvalue weighted by Gasteiger charge is 2.45. The summed E-state index contributed by atoms with van der Waals surface area (Å²) in [4.78, 5) is 24.1. The highest BCUT2D eigenvalue weighted by atomic mass is 16.2. The van der Waals surface area contributed by atoms with E-state index in [-0.39, 0.29) is 22.4 Å². The van der Waals surface area contributed by atoms with Gasteiger partial charge in [-0.25, -0.2) is 5.01 Å². The number of hydrogen-bond donors (Lipinski definition) is 2. The van der Waals surface area contributed by atoms with E-state index in [1.165, 1.54) is 0 Å². The zero-order chi connectivity index (χ0) is 16.5. The van der Waals surface area contributed by atoms with Gasteiger partial charge in [-0.15, -0.1) is 0 Å². The molecular weight excluding hydrogens is 278 g/mol. The van der Waals surface area contributed by atoms with Crippen LogP contribution in [0, 0.1) is 5.41 Å². The Kier molecular flexibility index (Phi) is 4.29. The third kappa shape index (κ3) is 2.86. The van der Waals surface area contributed by atoms with Crippen molar-refractivity contribution in [3.63, 3.8) is 0 Å². The van der Waals surface area contributed by atoms with Crippen LogP contribution in [0.4, 0.5) is 0 Å². The van der Waals surface area contributed by atoms with E-state index < -0.39 is 5.91 Å². The summed E-state index contributed by atoms with van der Waals surface area (Å²) < 4.78 is 0. The molecule has 1 aromatic rings. The molecule has 1 aromatic carbocycles. The fourth-order valence-electron chi connectivity index (χ4n) is 2.90. The highest BCUT2D eigenvalue weighted by Crippen LogP contribution is 2.42. The molecule has 22 heavy (non-hydrogen) atoms. The Labute approximate surface area is 131 Å². The van der Waals surface area contributed by atoms with Gasteiger partial charge in [0.05, 0.1) is 11.1 Å². The van der Waals surface area contributed by atoms with Crippen LogP contribution in [0.5, 0.6) is 0 Å². The Morgan fingerprint density at radius 3 is 2.32 bits per heavy atom. The topological polar surface area (TPSA) is 75.4 Å². The molecule has 0 saturated carbocycles. The normalized spacial score (nSPS) is 20.4. The van der Waals surface area contributed by atoms with Crippen LogP contribution in [0.1, 0.15) is 61.3 Å². The molecule has 1 heterocycles. The highest BCUT2D eigenvalue weighted by molar-refractivity contribution is 6.06. The number of carbonyl (C=O) groups is 2. The lowest BCUT2D eigenvalue weighted by Gasteiger charge is -2.53. The van der Waals surface area contributed by atoms with Crippen LogP contribution < -0.4 is 11.2 Å². The Balaban J connectivity index is 2.24. The number of carbonyl (C=O) groups excluding carboxylic acids is 2. The number of piperidine rings is 1. The number of nitrogens with zero attached hydrogens (tertiary/aromatic N) is 1. The Morgan fingerprint density at radius 1 is 1.14 bits per heavy atom. The van der Waals surface area contributed by atoms with E-state index in [1.807, 2.05) is 5.01 Å². The first-order valence-corrected chi connectivity index (χ1v) is 7.64. The molecular formula is C17H25N3O2. The van der Waals surface area contributed by atoms with Gasteiger partial charge in [0.15, 0.2) is 0 Å². The van der Waals surface area contributed by atoms with Crippen molar-refractivity contribution in [1.29, 1.82) is 0 Å². The number of benzene rings is 1. The average molecular weight is 303 g/mol. The Morgan fingerprint density at radius 2 is 1.73 bits per heavy atom. The molecule has 0 bridgehead atoms. The fourth-order valence-corrected chi connectivity index (χ4v) is 2.90. The average Bonchev–Trinajstić information content (AvgIpc) is 2.44. The number of amides is 2. The van der Waals surface area contributed by atoms with Gasteiger partial charge in [-0.05, 0) is 44.2 Å². The minimum atomic E-state index is -0.594. The predicted molar refractivity (Wildman–Crippen MR) is 86.2 cm³/mol. The second-order valence-corrected chi connectivity index (χ2v) is 7.05. The Bertz CT molecular complexity index is 593. The summed E-state index contributed by atoms with van der Waals surface area (Å²) in [5.74, 6) is -0.885. The van der Waals surface area contributed by atoms with Crippen molar-refractivity contribution in [2.75, 3.05) is 6.54 Å². The maximum absolute atomic E-state index is 12.6. The smallest absolute Gasteiger partial charge is 0.266 e. The van der Waals surface area contributed by atoms with E-state index in [0.717, 1.165) is 19.4 Å². The molecule has 5 nitrogen and oxygen atoms in total. The largest absolute Gasteiger partial charge is 0.366 e. The monoisotopic (exact) mass is 303 g/mol. The lowest BCUT2D eigenvalue weighted by Crippen LogP contribution is -2.63. The summed E-state index contributed by atoms with van der Waals surface area (Å²) in [6.45, 7) is 9.48. The SMILES string of the molecule is CC1(C)CCCN(NC(=O)c2ccccc2C(N)=O)C1(C)C. The lowest BCUT2D eigenvalue weighted by atomic mass is 9.69. The maximum atomic E-state index is 12.6. The quantitative estimate of drug-likeness (QED) is 0.900. The molecule has 0 radical (unpaired) electrons. The van der Waals surface area contributed by atoms with Crippen molar-refractivity contribution in [3.8, 4) is 0 Å². The van der Waals surface area contributed by atoms with E-state index in [0.29, 0.717) is 5.56 Å². The molecule has 120 valence electrons. The molecule has 1 fully saturated rings. The summed E-state index contributed by atoms with van der Waals surface area (Å²) in [5.41, 5.74) is 8.78. The van der Waals surface area contributed by atoms with Gasteiger partial charge in [0, 0.05) is 12.1 Å². The molecule has 0 atom stereocenters. The standard InChI is InChI=1S/C17H25N3O2/c1-16(2)10-7-11-20(17(16,3)4)19-15(22)13-9-6-5-8-12(13)14(18)21/h5-6,8-9H,7,10-11H2,1-4H3,(H2,18,21)(H,19,22). The van der Waals surface area contributed by atoms with Crippen LogP contribution in [0.25, 0.3) is 0 Å². The van der Waals surface area contributed by atoms with Crippen molar-refractivity contribution in [2.24, 2.45) is 11.1 Å². The molecule has 5 heteroatoms. The van der Waals surface area contributed by atoms with E-state index in [9.17, 15) is 9.59 Å². The number of nitrogens with one attached hydrogen (secondary N) is 1. The second-order valence-electron chi connectivity index (χ2n) is 7.05. The van der Waals surface area contributed by atoms with E-state index in [1.54, 1.807) is 24.3 Å². The number of hydrazine groups is 1. The third-order valence-corrected chi connectivity index (χ3v) is 5.19. The maximum Gasteiger partial charge on any atom is 0.266 e. The van der Waals surface area contributed by atoms with Gasteiger partial charge in [0.25, 0.3) is 5.91 Å². The van der Waals surface area contributed by atoms with Crippen molar-refractivity contribution in [3.05, 3.63) is 35.4 Å². The van der Waals surface area contributed by atoms with Gasteiger partial charge < -0.3 is 5.73 Å². The van der Waals surface area contributed by atoms with Gasteiger partial charge in [-0.2, -0.15) is 0 Å². The van der Waals surface area contributed by atoms with Crippen LogP contribution in [0.2, 0.25) is 0 Å². The zero-order valence-electron chi connectivity index (χ0n) is 13.8. The number of rotatable bonds is 3. The summed E-state index contributed by atoms with van der Waals surface area (Å²) in [7, 11) is 0. The van der Waals surface area contributed by atoms with E-state index in [2.05, 4.69) is 33.1 Å². The molecule has 1 aliphatic rings. The van der Waals surface area contributed by atoms with E-state index >= 15 is 0 Å². The summed E-state index contributed by atoms with van der Waals surface area (Å²) >= 11 is 0. The van der Waals surface area contributed by atoms with Crippen molar-refractivity contribution in [1.82, 2.24) is 10.4 Å². The Hall–Kier alpha value is -1.88. The minimum Gasteiger partial charge on any atom is -0.366 e. The molecule has 0 spiro atoms. The third-order valence-electron chi connectivity index (χ3n) is 5.19. The lowest BCUT2D eigenvalue weighted by molar-refractivity contribution is -0.0572. The molecule has 2 amide bonds. The first-order valence-electron chi connectivity index (χ1n) is 7.64. The van der Waals surface area contributed by atoms with Crippen molar-refractivity contribution in [2.45, 2.75) is 46.1 Å². The van der Waals surface area contributed by atoms with Crippen LogP contribution in [-0.4, -0.2) is 28.9 Å². The number of primary amides is 1. The van der Waals surface area contributed by atoms with Crippen molar-refractivity contribution >= 4 is 11.8 Å². The molecule has 0 aliphatic carbocycles. The number of hydrogen-bond acceptors (Lipinski definition) is 3. The second kappa shape index (κ2) is 5.72. The van der Waals surface area contributed by atoms with Gasteiger partial charge >= 0.3 is 0 Å². The number of nitrogens with two attached hydrogens (primary N) is 1. The molecule has 1 saturated heterocycles. The molecule has 0 unspecified atom stereocenters.